The summed E-state index contributed by atoms with van der Waals surface area (Å²) in [5.74, 6) is -0.127. The molecular formula is C8H12N2O3S. The van der Waals surface area contributed by atoms with Gasteiger partial charge in [0.25, 0.3) is 0 Å². The van der Waals surface area contributed by atoms with Gasteiger partial charge in [-0.3, -0.25) is 4.31 Å². The molecule has 5 nitrogen and oxygen atoms in total. The molecule has 0 amide bonds. The van der Waals surface area contributed by atoms with E-state index in [4.69, 9.17) is 5.73 Å². The molecule has 0 fully saturated rings. The highest BCUT2D eigenvalue weighted by Gasteiger charge is 2.12. The average molecular weight is 216 g/mol. The van der Waals surface area contributed by atoms with Crippen molar-refractivity contribution in [3.05, 3.63) is 18.2 Å². The number of nitrogens with zero attached hydrogens (tertiary/aromatic N) is 1. The standard InChI is InChI=1S/C8H12N2O3S/c1-10(14(2,12)13)6-3-4-7(9)8(11)5-6/h3-5,11H,9H2,1-2H3. The van der Waals surface area contributed by atoms with Crippen LogP contribution in [0.1, 0.15) is 0 Å². The molecule has 6 heteroatoms. The van der Waals surface area contributed by atoms with E-state index in [1.54, 1.807) is 0 Å². The third kappa shape index (κ3) is 2.08. The lowest BCUT2D eigenvalue weighted by molar-refractivity contribution is 0.478. The topological polar surface area (TPSA) is 83.6 Å². The quantitative estimate of drug-likeness (QED) is 0.552. The molecule has 0 spiro atoms. The average Bonchev–Trinajstić information content (AvgIpc) is 2.07. The molecule has 3 N–H and O–H groups in total. The first-order valence-electron chi connectivity index (χ1n) is 3.85. The first-order valence-corrected chi connectivity index (χ1v) is 5.69. The summed E-state index contributed by atoms with van der Waals surface area (Å²) in [5.41, 5.74) is 5.97. The summed E-state index contributed by atoms with van der Waals surface area (Å²) < 4.78 is 23.3. The van der Waals surface area contributed by atoms with Crippen LogP contribution < -0.4 is 10.0 Å². The Labute approximate surface area is 82.8 Å². The lowest BCUT2D eigenvalue weighted by Gasteiger charge is -2.16. The maximum Gasteiger partial charge on any atom is 0.231 e. The van der Waals surface area contributed by atoms with Gasteiger partial charge in [-0.1, -0.05) is 0 Å². The monoisotopic (exact) mass is 216 g/mol. The summed E-state index contributed by atoms with van der Waals surface area (Å²) in [4.78, 5) is 0. The number of anilines is 2. The highest BCUT2D eigenvalue weighted by Crippen LogP contribution is 2.26. The predicted molar refractivity (Wildman–Crippen MR) is 55.8 cm³/mol. The smallest absolute Gasteiger partial charge is 0.231 e. The molecule has 78 valence electrons. The van der Waals surface area contributed by atoms with Crippen molar-refractivity contribution < 1.29 is 13.5 Å². The van der Waals surface area contributed by atoms with E-state index in [0.717, 1.165) is 10.6 Å². The molecule has 0 atom stereocenters. The first-order chi connectivity index (χ1) is 6.32. The lowest BCUT2D eigenvalue weighted by atomic mass is 10.2. The minimum Gasteiger partial charge on any atom is -0.506 e. The molecule has 1 aromatic rings. The summed E-state index contributed by atoms with van der Waals surface area (Å²) in [6, 6.07) is 4.28. The van der Waals surface area contributed by atoms with Crippen molar-refractivity contribution >= 4 is 21.4 Å². The van der Waals surface area contributed by atoms with Crippen LogP contribution >= 0.6 is 0 Å². The normalized spacial score (nSPS) is 11.3. The second kappa shape index (κ2) is 3.38. The largest absolute Gasteiger partial charge is 0.506 e. The maximum atomic E-state index is 11.1. The predicted octanol–water partition coefficient (Wildman–Crippen LogP) is 0.370. The molecule has 0 aliphatic carbocycles. The van der Waals surface area contributed by atoms with Crippen LogP contribution in [0.3, 0.4) is 0 Å². The van der Waals surface area contributed by atoms with Gasteiger partial charge in [-0.2, -0.15) is 0 Å². The van der Waals surface area contributed by atoms with Gasteiger partial charge in [0.2, 0.25) is 10.0 Å². The molecule has 0 unspecified atom stereocenters. The number of phenolic OH excluding ortho intramolecular Hbond substituents is 1. The summed E-state index contributed by atoms with van der Waals surface area (Å²) in [6.07, 6.45) is 1.08. The van der Waals surface area contributed by atoms with E-state index in [1.165, 1.54) is 25.2 Å². The van der Waals surface area contributed by atoms with Gasteiger partial charge in [-0.15, -0.1) is 0 Å². The van der Waals surface area contributed by atoms with E-state index in [-0.39, 0.29) is 11.4 Å². The van der Waals surface area contributed by atoms with E-state index < -0.39 is 10.0 Å². The summed E-state index contributed by atoms with van der Waals surface area (Å²) in [7, 11) is -1.90. The minimum atomic E-state index is -3.30. The molecule has 14 heavy (non-hydrogen) atoms. The van der Waals surface area contributed by atoms with E-state index >= 15 is 0 Å². The van der Waals surface area contributed by atoms with Gasteiger partial charge in [0.05, 0.1) is 17.6 Å². The van der Waals surface area contributed by atoms with Crippen molar-refractivity contribution in [2.45, 2.75) is 0 Å². The second-order valence-corrected chi connectivity index (χ2v) is 4.99. The van der Waals surface area contributed by atoms with E-state index in [0.29, 0.717) is 5.69 Å². The molecule has 0 saturated carbocycles. The van der Waals surface area contributed by atoms with Crippen molar-refractivity contribution in [2.24, 2.45) is 0 Å². The van der Waals surface area contributed by atoms with Crippen LogP contribution in [-0.2, 0) is 10.0 Å². The van der Waals surface area contributed by atoms with Gasteiger partial charge in [0.15, 0.2) is 0 Å². The third-order valence-corrected chi connectivity index (χ3v) is 3.08. The van der Waals surface area contributed by atoms with Gasteiger partial charge in [0.1, 0.15) is 5.75 Å². The lowest BCUT2D eigenvalue weighted by Crippen LogP contribution is -2.24. The number of hydrogen-bond donors (Lipinski definition) is 2. The van der Waals surface area contributed by atoms with Gasteiger partial charge < -0.3 is 10.8 Å². The summed E-state index contributed by atoms with van der Waals surface area (Å²) >= 11 is 0. The zero-order valence-corrected chi connectivity index (χ0v) is 8.75. The third-order valence-electron chi connectivity index (χ3n) is 1.88. The van der Waals surface area contributed by atoms with Crippen LogP contribution in [0.5, 0.6) is 5.75 Å². The van der Waals surface area contributed by atoms with Crippen LogP contribution in [-0.4, -0.2) is 26.8 Å². The molecule has 0 saturated heterocycles. The highest BCUT2D eigenvalue weighted by molar-refractivity contribution is 7.92. The Bertz CT molecular complexity index is 442. The van der Waals surface area contributed by atoms with Gasteiger partial charge in [0, 0.05) is 13.1 Å². The number of nitrogen functional groups attached to an aromatic ring is 1. The summed E-state index contributed by atoms with van der Waals surface area (Å²) in [5, 5.41) is 9.27. The number of nitrogens with two attached hydrogens (primary N) is 1. The number of aromatic hydroxyl groups is 1. The molecule has 0 aromatic heterocycles. The van der Waals surface area contributed by atoms with Crippen LogP contribution in [0.25, 0.3) is 0 Å². The number of benzene rings is 1. The minimum absolute atomic E-state index is 0.127. The first kappa shape index (κ1) is 10.6. The molecule has 0 aliphatic heterocycles. The molecule has 1 rings (SSSR count). The molecular weight excluding hydrogens is 204 g/mol. The Morgan fingerprint density at radius 1 is 1.43 bits per heavy atom. The van der Waals surface area contributed by atoms with Crippen molar-refractivity contribution in [1.29, 1.82) is 0 Å². The molecule has 1 aromatic carbocycles. The summed E-state index contributed by atoms with van der Waals surface area (Å²) in [6.45, 7) is 0. The Kier molecular flexibility index (Phi) is 2.57. The van der Waals surface area contributed by atoms with Crippen molar-refractivity contribution in [3.8, 4) is 5.75 Å². The number of rotatable bonds is 2. The van der Waals surface area contributed by atoms with Crippen molar-refractivity contribution in [3.63, 3.8) is 0 Å². The van der Waals surface area contributed by atoms with E-state index in [9.17, 15) is 13.5 Å². The maximum absolute atomic E-state index is 11.1. The Balaban J connectivity index is 3.16. The fraction of sp³-hybridized carbons (Fsp3) is 0.250. The molecule has 0 heterocycles. The van der Waals surface area contributed by atoms with Crippen molar-refractivity contribution in [2.75, 3.05) is 23.3 Å². The van der Waals surface area contributed by atoms with Gasteiger partial charge in [-0.05, 0) is 12.1 Å². The molecule has 0 radical (unpaired) electrons. The van der Waals surface area contributed by atoms with Gasteiger partial charge >= 0.3 is 0 Å². The fourth-order valence-electron chi connectivity index (χ4n) is 0.919. The molecule has 0 aliphatic rings. The van der Waals surface area contributed by atoms with Crippen LogP contribution in [0.15, 0.2) is 18.2 Å². The van der Waals surface area contributed by atoms with E-state index in [2.05, 4.69) is 0 Å². The zero-order valence-electron chi connectivity index (χ0n) is 7.93. The Morgan fingerprint density at radius 3 is 2.43 bits per heavy atom. The van der Waals surface area contributed by atoms with Gasteiger partial charge in [-0.25, -0.2) is 8.42 Å². The Morgan fingerprint density at radius 2 is 2.00 bits per heavy atom. The van der Waals surface area contributed by atoms with Crippen LogP contribution in [0.2, 0.25) is 0 Å². The Hall–Kier alpha value is -1.43. The van der Waals surface area contributed by atoms with Crippen LogP contribution in [0, 0.1) is 0 Å². The second-order valence-electron chi connectivity index (χ2n) is 2.97. The number of phenols is 1. The van der Waals surface area contributed by atoms with Crippen LogP contribution in [0.4, 0.5) is 11.4 Å². The fourth-order valence-corrected chi connectivity index (χ4v) is 1.42. The zero-order chi connectivity index (χ0) is 10.9. The number of sulfonamides is 1. The number of hydrogen-bond acceptors (Lipinski definition) is 4. The highest BCUT2D eigenvalue weighted by atomic mass is 32.2. The SMILES string of the molecule is CN(c1ccc(N)c(O)c1)S(C)(=O)=O. The van der Waals surface area contributed by atoms with Crippen molar-refractivity contribution in [1.82, 2.24) is 0 Å². The molecule has 0 bridgehead atoms. The van der Waals surface area contributed by atoms with E-state index in [1.807, 2.05) is 0 Å².